The summed E-state index contributed by atoms with van der Waals surface area (Å²) >= 11 is 6.56. The molecule has 15 nitrogen and oxygen atoms in total. The maximum atomic E-state index is 12.8. The number of piperidine rings is 2. The lowest BCUT2D eigenvalue weighted by atomic mass is 9.93. The second-order valence-electron chi connectivity index (χ2n) is 12.8. The van der Waals surface area contributed by atoms with Crippen LogP contribution in [0.1, 0.15) is 37.3 Å². The second kappa shape index (κ2) is 13.9. The van der Waals surface area contributed by atoms with E-state index >= 15 is 0 Å². The molecule has 0 radical (unpaired) electrons. The summed E-state index contributed by atoms with van der Waals surface area (Å²) in [6.45, 7) is 1.17. The summed E-state index contributed by atoms with van der Waals surface area (Å²) in [5, 5.41) is 18.5. The highest BCUT2D eigenvalue weighted by molar-refractivity contribution is 6.33. The minimum Gasteiger partial charge on any atom is -0.478 e. The van der Waals surface area contributed by atoms with Gasteiger partial charge in [0.05, 0.1) is 28.8 Å². The molecular formula is C35H37ClN10O5. The third-order valence-electron chi connectivity index (χ3n) is 9.35. The van der Waals surface area contributed by atoms with Gasteiger partial charge in [0.1, 0.15) is 5.02 Å². The number of amides is 3. The molecule has 0 aliphatic carbocycles. The van der Waals surface area contributed by atoms with E-state index in [-0.39, 0.29) is 41.7 Å². The summed E-state index contributed by atoms with van der Waals surface area (Å²) in [5.41, 5.74) is 3.55. The Kier molecular flexibility index (Phi) is 9.21. The Balaban J connectivity index is 1.06. The van der Waals surface area contributed by atoms with E-state index in [0.29, 0.717) is 53.1 Å². The molecule has 2 atom stereocenters. The van der Waals surface area contributed by atoms with Crippen LogP contribution in [0.3, 0.4) is 0 Å². The number of aromatic nitrogens is 5. The predicted molar refractivity (Wildman–Crippen MR) is 194 cm³/mol. The van der Waals surface area contributed by atoms with Gasteiger partial charge in [-0.1, -0.05) is 11.6 Å². The van der Waals surface area contributed by atoms with Crippen molar-refractivity contribution in [3.05, 3.63) is 69.7 Å². The van der Waals surface area contributed by atoms with Crippen LogP contribution < -0.4 is 36.5 Å². The molecule has 16 heteroatoms. The number of fused-ring (bicyclic) bond motifs is 2. The Morgan fingerprint density at radius 2 is 1.88 bits per heavy atom. The van der Waals surface area contributed by atoms with E-state index < -0.39 is 5.92 Å². The van der Waals surface area contributed by atoms with E-state index in [2.05, 4.69) is 36.2 Å². The average Bonchev–Trinajstić information content (AvgIpc) is 3.44. The minimum absolute atomic E-state index is 0.0681. The number of carbonyl (C=O) groups is 3. The normalized spacial score (nSPS) is 17.8. The topological polar surface area (TPSA) is 177 Å². The van der Waals surface area contributed by atoms with Crippen LogP contribution in [0.5, 0.6) is 5.75 Å². The quantitative estimate of drug-likeness (QED) is 0.165. The number of halogens is 1. The highest BCUT2D eigenvalue weighted by Gasteiger charge is 2.32. The van der Waals surface area contributed by atoms with E-state index in [1.165, 1.54) is 11.6 Å². The van der Waals surface area contributed by atoms with Crippen molar-refractivity contribution in [2.75, 3.05) is 42.3 Å². The number of nitrogens with one attached hydrogen (secondary N) is 4. The van der Waals surface area contributed by atoms with Gasteiger partial charge in [0.2, 0.25) is 17.8 Å². The number of likely N-dealkylation sites (N-methyl/N-ethyl adjacent to an activating group) is 1. The van der Waals surface area contributed by atoms with Gasteiger partial charge in [-0.25, -0.2) is 4.98 Å². The van der Waals surface area contributed by atoms with Gasteiger partial charge in [-0.05, 0) is 61.7 Å². The highest BCUT2D eigenvalue weighted by Crippen LogP contribution is 2.33. The van der Waals surface area contributed by atoms with Gasteiger partial charge in [0.15, 0.2) is 18.2 Å². The zero-order valence-electron chi connectivity index (χ0n) is 28.3. The lowest BCUT2D eigenvalue weighted by Crippen LogP contribution is -2.43. The number of hydrogen-bond donors (Lipinski definition) is 4. The standard InChI is InChI=1S/C35H37ClN10O5/c1-37-30(48)18-51-28-14-19-13-20(7-10-26(19)44(2)34(28)50)40-32-25(36)16-38-35(42-32)46-12-4-5-22(17-46)39-21-6-8-23-27(15-21)45(3)43-31(23)24-9-11-29(47)41-33(24)49/h6-8,10,13-16,22,24,39H,4-5,9,11-12,17-18H2,1-3H3,(H,37,48)(H,38,40,42)(H,41,47,49)/t22-,24?/m0/s1. The first-order chi connectivity index (χ1) is 24.6. The maximum absolute atomic E-state index is 12.8. The number of aryl methyl sites for hydroxylation is 2. The summed E-state index contributed by atoms with van der Waals surface area (Å²) in [6.07, 6.45) is 4.20. The molecule has 5 aromatic rings. The fourth-order valence-electron chi connectivity index (χ4n) is 6.68. The average molecular weight is 713 g/mol. The van der Waals surface area contributed by atoms with Crippen molar-refractivity contribution in [3.8, 4) is 5.75 Å². The molecule has 51 heavy (non-hydrogen) atoms. The lowest BCUT2D eigenvalue weighted by molar-refractivity contribution is -0.134. The van der Waals surface area contributed by atoms with Gasteiger partial charge in [-0.3, -0.25) is 29.2 Å². The third-order valence-corrected chi connectivity index (χ3v) is 9.62. The number of nitrogens with zero attached hydrogens (tertiary/aromatic N) is 6. The van der Waals surface area contributed by atoms with Gasteiger partial charge < -0.3 is 30.2 Å². The Bertz CT molecular complexity index is 2250. The monoisotopic (exact) mass is 712 g/mol. The summed E-state index contributed by atoms with van der Waals surface area (Å²) in [6, 6.07) is 13.2. The van der Waals surface area contributed by atoms with E-state index in [1.807, 2.05) is 43.4 Å². The molecule has 0 bridgehead atoms. The molecule has 264 valence electrons. The summed E-state index contributed by atoms with van der Waals surface area (Å²) in [5.74, 6) is -0.306. The molecule has 2 aliphatic heterocycles. The van der Waals surface area contributed by atoms with E-state index in [9.17, 15) is 19.2 Å². The van der Waals surface area contributed by atoms with Crippen LogP contribution in [0.25, 0.3) is 21.8 Å². The molecule has 2 fully saturated rings. The van der Waals surface area contributed by atoms with E-state index in [0.717, 1.165) is 41.4 Å². The van der Waals surface area contributed by atoms with E-state index in [4.69, 9.17) is 21.3 Å². The van der Waals surface area contributed by atoms with Crippen LogP contribution in [-0.4, -0.2) is 74.8 Å². The van der Waals surface area contributed by atoms with Crippen LogP contribution in [0.15, 0.2) is 53.5 Å². The van der Waals surface area contributed by atoms with Crippen molar-refractivity contribution >= 4 is 74.3 Å². The number of benzene rings is 2. The fourth-order valence-corrected chi connectivity index (χ4v) is 6.82. The number of ether oxygens (including phenoxy) is 1. The Morgan fingerprint density at radius 3 is 2.69 bits per heavy atom. The number of pyridine rings is 1. The lowest BCUT2D eigenvalue weighted by Gasteiger charge is -2.34. The third kappa shape index (κ3) is 6.88. The SMILES string of the molecule is CNC(=O)COc1cc2cc(Nc3nc(N4CCC[C@H](Nc5ccc6c(C7CCC(=O)NC7=O)nn(C)c6c5)C4)ncc3Cl)ccc2n(C)c1=O. The summed E-state index contributed by atoms with van der Waals surface area (Å²) in [4.78, 5) is 60.1. The van der Waals surface area contributed by atoms with E-state index in [1.54, 1.807) is 24.0 Å². The largest absolute Gasteiger partial charge is 0.478 e. The first-order valence-corrected chi connectivity index (χ1v) is 17.0. The van der Waals surface area contributed by atoms with Crippen LogP contribution in [0.2, 0.25) is 5.02 Å². The summed E-state index contributed by atoms with van der Waals surface area (Å²) < 4.78 is 8.75. The Morgan fingerprint density at radius 1 is 1.06 bits per heavy atom. The smallest absolute Gasteiger partial charge is 0.293 e. The van der Waals surface area contributed by atoms with Crippen molar-refractivity contribution in [2.45, 2.75) is 37.6 Å². The molecule has 3 amide bonds. The van der Waals surface area contributed by atoms with Crippen LogP contribution >= 0.6 is 11.6 Å². The Hall–Kier alpha value is -5.70. The highest BCUT2D eigenvalue weighted by atomic mass is 35.5. The van der Waals surface area contributed by atoms with Crippen molar-refractivity contribution in [1.82, 2.24) is 34.9 Å². The van der Waals surface area contributed by atoms with Gasteiger partial charge in [-0.15, -0.1) is 0 Å². The van der Waals surface area contributed by atoms with Crippen LogP contribution in [0, 0.1) is 0 Å². The van der Waals surface area contributed by atoms with Crippen molar-refractivity contribution in [2.24, 2.45) is 14.1 Å². The van der Waals surface area contributed by atoms with Crippen molar-refractivity contribution in [1.29, 1.82) is 0 Å². The number of rotatable bonds is 9. The Labute approximate surface area is 297 Å². The predicted octanol–water partition coefficient (Wildman–Crippen LogP) is 3.34. The van der Waals surface area contributed by atoms with Crippen molar-refractivity contribution in [3.63, 3.8) is 0 Å². The molecular weight excluding hydrogens is 676 g/mol. The van der Waals surface area contributed by atoms with Gasteiger partial charge in [0.25, 0.3) is 11.5 Å². The molecule has 2 aliphatic rings. The van der Waals surface area contributed by atoms with Gasteiger partial charge >= 0.3 is 0 Å². The molecule has 5 heterocycles. The maximum Gasteiger partial charge on any atom is 0.293 e. The van der Waals surface area contributed by atoms with Crippen LogP contribution in [-0.2, 0) is 28.5 Å². The van der Waals surface area contributed by atoms with Crippen molar-refractivity contribution < 1.29 is 19.1 Å². The number of anilines is 4. The van der Waals surface area contributed by atoms with Gasteiger partial charge in [0, 0.05) is 68.8 Å². The summed E-state index contributed by atoms with van der Waals surface area (Å²) in [7, 11) is 5.01. The molecule has 4 N–H and O–H groups in total. The fraction of sp³-hybridized carbons (Fsp3) is 0.343. The zero-order chi connectivity index (χ0) is 35.8. The molecule has 0 spiro atoms. The second-order valence-corrected chi connectivity index (χ2v) is 13.2. The molecule has 3 aromatic heterocycles. The molecule has 2 saturated heterocycles. The molecule has 1 unspecified atom stereocenters. The molecule has 2 aromatic carbocycles. The minimum atomic E-state index is -0.457. The van der Waals surface area contributed by atoms with Gasteiger partial charge in [-0.2, -0.15) is 10.1 Å². The zero-order valence-corrected chi connectivity index (χ0v) is 29.1. The number of imide groups is 1. The molecule has 0 saturated carbocycles. The van der Waals surface area contributed by atoms with Crippen LogP contribution in [0.4, 0.5) is 23.1 Å². The first kappa shape index (κ1) is 33.8. The number of carbonyl (C=O) groups excluding carboxylic acids is 3. The molecule has 7 rings (SSSR count). The number of hydrogen-bond acceptors (Lipinski definition) is 11. The first-order valence-electron chi connectivity index (χ1n) is 16.7.